The van der Waals surface area contributed by atoms with Gasteiger partial charge in [-0.05, 0) is 57.0 Å². The molecule has 0 bridgehead atoms. The van der Waals surface area contributed by atoms with Gasteiger partial charge < -0.3 is 10.0 Å². The molecule has 0 saturated heterocycles. The summed E-state index contributed by atoms with van der Waals surface area (Å²) in [5.41, 5.74) is 4.04. The first kappa shape index (κ1) is 18.9. The van der Waals surface area contributed by atoms with E-state index >= 15 is 0 Å². The Balaban J connectivity index is 1.99. The van der Waals surface area contributed by atoms with Gasteiger partial charge in [-0.3, -0.25) is 0 Å². The number of hydrogen-bond acceptors (Lipinski definition) is 2. The molecule has 138 valence electrons. The predicted molar refractivity (Wildman–Crippen MR) is 110 cm³/mol. The minimum Gasteiger partial charge on any atom is -0.385 e. The van der Waals surface area contributed by atoms with Gasteiger partial charge in [-0.25, -0.2) is 0 Å². The van der Waals surface area contributed by atoms with E-state index < -0.39 is 5.60 Å². The van der Waals surface area contributed by atoms with Crippen molar-refractivity contribution in [3.63, 3.8) is 0 Å². The summed E-state index contributed by atoms with van der Waals surface area (Å²) in [5, 5.41) is 12.0. The van der Waals surface area contributed by atoms with Crippen molar-refractivity contribution >= 4 is 6.08 Å². The van der Waals surface area contributed by atoms with Crippen LogP contribution in [0.4, 0.5) is 0 Å². The Morgan fingerprint density at radius 2 is 1.88 bits per heavy atom. The number of aryl methyl sites for hydroxylation is 1. The van der Waals surface area contributed by atoms with E-state index in [4.69, 9.17) is 0 Å². The summed E-state index contributed by atoms with van der Waals surface area (Å²) in [6.45, 7) is 3.03. The summed E-state index contributed by atoms with van der Waals surface area (Å²) in [4.78, 5) is 2.21. The van der Waals surface area contributed by atoms with Crippen molar-refractivity contribution in [2.24, 2.45) is 5.92 Å². The van der Waals surface area contributed by atoms with E-state index in [1.54, 1.807) is 0 Å². The molecule has 2 unspecified atom stereocenters. The fourth-order valence-electron chi connectivity index (χ4n) is 4.28. The van der Waals surface area contributed by atoms with Gasteiger partial charge in [-0.15, -0.1) is 0 Å². The average molecular weight is 350 g/mol. The van der Waals surface area contributed by atoms with Crippen LogP contribution in [0.15, 0.2) is 60.2 Å². The van der Waals surface area contributed by atoms with Crippen molar-refractivity contribution in [3.05, 3.63) is 76.9 Å². The van der Waals surface area contributed by atoms with E-state index in [1.807, 2.05) is 6.07 Å². The molecule has 2 aromatic carbocycles. The summed E-state index contributed by atoms with van der Waals surface area (Å²) in [6, 6.07) is 19.0. The lowest BCUT2D eigenvalue weighted by Crippen LogP contribution is -2.48. The Morgan fingerprint density at radius 3 is 2.58 bits per heavy atom. The van der Waals surface area contributed by atoms with Crippen LogP contribution in [0.5, 0.6) is 0 Å². The van der Waals surface area contributed by atoms with Crippen LogP contribution < -0.4 is 0 Å². The van der Waals surface area contributed by atoms with Gasteiger partial charge in [0.05, 0.1) is 5.60 Å². The molecule has 1 N–H and O–H groups in total. The number of rotatable bonds is 5. The van der Waals surface area contributed by atoms with Crippen LogP contribution in [0.2, 0.25) is 0 Å². The summed E-state index contributed by atoms with van der Waals surface area (Å²) in [7, 11) is 4.20. The lowest BCUT2D eigenvalue weighted by Gasteiger charge is -2.43. The Kier molecular flexibility index (Phi) is 5.95. The maximum atomic E-state index is 12.0. The van der Waals surface area contributed by atoms with Gasteiger partial charge in [-0.1, -0.05) is 66.2 Å². The second kappa shape index (κ2) is 8.20. The van der Waals surface area contributed by atoms with Crippen LogP contribution in [-0.4, -0.2) is 36.2 Å². The molecular weight excluding hydrogens is 318 g/mol. The summed E-state index contributed by atoms with van der Waals surface area (Å²) < 4.78 is 0. The molecule has 2 aromatic rings. The molecule has 0 heterocycles. The molecule has 0 amide bonds. The van der Waals surface area contributed by atoms with Gasteiger partial charge in [0.25, 0.3) is 0 Å². The van der Waals surface area contributed by atoms with Gasteiger partial charge in [0.2, 0.25) is 0 Å². The first-order valence-electron chi connectivity index (χ1n) is 9.66. The zero-order valence-electron chi connectivity index (χ0n) is 16.3. The van der Waals surface area contributed by atoms with Crippen molar-refractivity contribution in [3.8, 4) is 0 Å². The minimum atomic E-state index is -0.786. The van der Waals surface area contributed by atoms with Crippen molar-refractivity contribution in [2.45, 2.75) is 38.2 Å². The lowest BCUT2D eigenvalue weighted by molar-refractivity contribution is -0.0123. The predicted octanol–water partition coefficient (Wildman–Crippen LogP) is 4.71. The first-order valence-corrected chi connectivity index (χ1v) is 9.66. The van der Waals surface area contributed by atoms with Gasteiger partial charge in [-0.2, -0.15) is 0 Å². The molecule has 1 saturated carbocycles. The molecule has 0 aliphatic heterocycles. The van der Waals surface area contributed by atoms with Crippen molar-refractivity contribution in [2.75, 3.05) is 20.6 Å². The van der Waals surface area contributed by atoms with E-state index in [-0.39, 0.29) is 5.92 Å². The fraction of sp³-hybridized carbons (Fsp3) is 0.417. The standard InChI is InChI=1S/C24H31NO/c1-19-9-7-12-21(15-19)17-24(26)22(16-20-10-5-4-6-11-20)13-8-14-23(24)18-25(2)3/h4-7,9-12,15-16,23,26H,8,13-14,17-18H2,1-3H3/b22-16-. The van der Waals surface area contributed by atoms with Crippen LogP contribution in [0.1, 0.15) is 36.0 Å². The molecule has 0 spiro atoms. The Morgan fingerprint density at radius 1 is 1.12 bits per heavy atom. The number of nitrogens with zero attached hydrogens (tertiary/aromatic N) is 1. The third kappa shape index (κ3) is 4.44. The maximum absolute atomic E-state index is 12.0. The largest absolute Gasteiger partial charge is 0.385 e. The Hall–Kier alpha value is -1.90. The highest BCUT2D eigenvalue weighted by Gasteiger charge is 2.42. The Labute approximate surface area is 158 Å². The zero-order chi connectivity index (χ0) is 18.6. The molecule has 1 aliphatic rings. The van der Waals surface area contributed by atoms with Crippen LogP contribution >= 0.6 is 0 Å². The maximum Gasteiger partial charge on any atom is 0.0940 e. The fourth-order valence-corrected chi connectivity index (χ4v) is 4.28. The molecule has 3 rings (SSSR count). The number of aliphatic hydroxyl groups is 1. The summed E-state index contributed by atoms with van der Waals surface area (Å²) in [5.74, 6) is 0.252. The molecule has 0 radical (unpaired) electrons. The van der Waals surface area contributed by atoms with Crippen molar-refractivity contribution in [1.82, 2.24) is 4.90 Å². The lowest BCUT2D eigenvalue weighted by atomic mass is 9.68. The SMILES string of the molecule is Cc1cccc(CC2(O)/C(=C\c3ccccc3)CCCC2CN(C)C)c1. The zero-order valence-corrected chi connectivity index (χ0v) is 16.3. The number of hydrogen-bond donors (Lipinski definition) is 1. The molecule has 0 aromatic heterocycles. The second-order valence-corrected chi connectivity index (χ2v) is 8.02. The van der Waals surface area contributed by atoms with Crippen LogP contribution in [0, 0.1) is 12.8 Å². The molecule has 2 nitrogen and oxygen atoms in total. The van der Waals surface area contributed by atoms with Crippen molar-refractivity contribution in [1.29, 1.82) is 0 Å². The van der Waals surface area contributed by atoms with E-state index in [2.05, 4.69) is 80.5 Å². The van der Waals surface area contributed by atoms with E-state index in [0.717, 1.165) is 25.8 Å². The first-order chi connectivity index (χ1) is 12.5. The minimum absolute atomic E-state index is 0.252. The van der Waals surface area contributed by atoms with E-state index in [1.165, 1.54) is 22.3 Å². The van der Waals surface area contributed by atoms with Crippen LogP contribution in [0.3, 0.4) is 0 Å². The van der Waals surface area contributed by atoms with Gasteiger partial charge in [0.15, 0.2) is 0 Å². The quantitative estimate of drug-likeness (QED) is 0.845. The van der Waals surface area contributed by atoms with Crippen LogP contribution in [-0.2, 0) is 6.42 Å². The second-order valence-electron chi connectivity index (χ2n) is 8.02. The monoisotopic (exact) mass is 349 g/mol. The van der Waals surface area contributed by atoms with Gasteiger partial charge >= 0.3 is 0 Å². The highest BCUT2D eigenvalue weighted by Crippen LogP contribution is 2.41. The summed E-state index contributed by atoms with van der Waals surface area (Å²) >= 11 is 0. The third-order valence-corrected chi connectivity index (χ3v) is 5.51. The molecule has 2 atom stereocenters. The van der Waals surface area contributed by atoms with Gasteiger partial charge in [0.1, 0.15) is 0 Å². The smallest absolute Gasteiger partial charge is 0.0940 e. The average Bonchev–Trinajstić information content (AvgIpc) is 2.59. The summed E-state index contributed by atoms with van der Waals surface area (Å²) in [6.07, 6.45) is 6.10. The van der Waals surface area contributed by atoms with Crippen molar-refractivity contribution < 1.29 is 5.11 Å². The highest BCUT2D eigenvalue weighted by molar-refractivity contribution is 5.56. The highest BCUT2D eigenvalue weighted by atomic mass is 16.3. The molecular formula is C24H31NO. The third-order valence-electron chi connectivity index (χ3n) is 5.51. The van der Waals surface area contributed by atoms with Gasteiger partial charge in [0, 0.05) is 18.9 Å². The van der Waals surface area contributed by atoms with E-state index in [9.17, 15) is 5.11 Å². The molecule has 26 heavy (non-hydrogen) atoms. The molecule has 2 heteroatoms. The number of benzene rings is 2. The normalized spacial score (nSPS) is 25.0. The molecule has 1 fully saturated rings. The topological polar surface area (TPSA) is 23.5 Å². The molecule has 1 aliphatic carbocycles. The Bertz CT molecular complexity index is 750. The van der Waals surface area contributed by atoms with Crippen LogP contribution in [0.25, 0.3) is 6.08 Å². The van der Waals surface area contributed by atoms with E-state index in [0.29, 0.717) is 6.42 Å².